The second-order valence-corrected chi connectivity index (χ2v) is 4.54. The number of ether oxygens (including phenoxy) is 2. The molecule has 0 bridgehead atoms. The smallest absolute Gasteiger partial charge is 0.0969 e. The summed E-state index contributed by atoms with van der Waals surface area (Å²) in [6, 6.07) is 10.0. The first-order valence-corrected chi connectivity index (χ1v) is 6.62. The van der Waals surface area contributed by atoms with Gasteiger partial charge < -0.3 is 14.6 Å². The van der Waals surface area contributed by atoms with E-state index in [0.717, 1.165) is 11.1 Å². The van der Waals surface area contributed by atoms with Crippen molar-refractivity contribution in [2.45, 2.75) is 12.6 Å². The normalized spacial score (nSPS) is 12.5. The lowest BCUT2D eigenvalue weighted by atomic mass is 10.1. The van der Waals surface area contributed by atoms with Gasteiger partial charge in [0, 0.05) is 18.9 Å². The van der Waals surface area contributed by atoms with Crippen LogP contribution >= 0.6 is 0 Å². The second-order valence-electron chi connectivity index (χ2n) is 4.54. The molecule has 0 saturated carbocycles. The van der Waals surface area contributed by atoms with E-state index in [1.54, 1.807) is 18.0 Å². The number of nitrogens with zero attached hydrogens (tertiary/aromatic N) is 2. The number of benzene rings is 1. The molecule has 0 aliphatic heterocycles. The Morgan fingerprint density at radius 1 is 1.20 bits per heavy atom. The Kier molecular flexibility index (Phi) is 5.73. The average molecular weight is 276 g/mol. The van der Waals surface area contributed by atoms with Gasteiger partial charge in [-0.1, -0.05) is 30.3 Å². The molecule has 0 radical (unpaired) electrons. The third-order valence-electron chi connectivity index (χ3n) is 2.88. The quantitative estimate of drug-likeness (QED) is 0.744. The van der Waals surface area contributed by atoms with Gasteiger partial charge in [-0.25, -0.2) is 0 Å². The molecular formula is C15H20N2O3. The minimum atomic E-state index is -0.574. The molecule has 20 heavy (non-hydrogen) atoms. The Bertz CT molecular complexity index is 499. The van der Waals surface area contributed by atoms with E-state index < -0.39 is 6.10 Å². The van der Waals surface area contributed by atoms with E-state index in [4.69, 9.17) is 9.47 Å². The number of methoxy groups -OCH3 is 1. The molecule has 0 spiro atoms. The van der Waals surface area contributed by atoms with Crippen LogP contribution in [0, 0.1) is 0 Å². The maximum absolute atomic E-state index is 9.86. The van der Waals surface area contributed by atoms with Gasteiger partial charge in [-0.2, -0.15) is 5.10 Å². The summed E-state index contributed by atoms with van der Waals surface area (Å²) < 4.78 is 11.9. The van der Waals surface area contributed by atoms with Crippen molar-refractivity contribution in [3.63, 3.8) is 0 Å². The molecule has 1 N–H and O–H groups in total. The standard InChI is InChI=1S/C15H20N2O3/c1-19-7-8-20-12-15(18)11-17-10-14(9-16-17)13-5-3-2-4-6-13/h2-6,9-10,15,18H,7-8,11-12H2,1H3. The summed E-state index contributed by atoms with van der Waals surface area (Å²) in [4.78, 5) is 0. The number of aliphatic hydroxyl groups is 1. The van der Waals surface area contributed by atoms with Gasteiger partial charge in [-0.3, -0.25) is 4.68 Å². The molecule has 1 aromatic heterocycles. The molecule has 108 valence electrons. The SMILES string of the molecule is COCCOCC(O)Cn1cc(-c2ccccc2)cn1. The molecule has 0 fully saturated rings. The van der Waals surface area contributed by atoms with Crippen LogP contribution in [0.1, 0.15) is 0 Å². The van der Waals surface area contributed by atoms with Gasteiger partial charge in [-0.15, -0.1) is 0 Å². The Labute approximate surface area is 118 Å². The van der Waals surface area contributed by atoms with Crippen molar-refractivity contribution in [3.8, 4) is 11.1 Å². The molecule has 1 unspecified atom stereocenters. The first-order valence-electron chi connectivity index (χ1n) is 6.62. The summed E-state index contributed by atoms with van der Waals surface area (Å²) in [5.74, 6) is 0. The fourth-order valence-corrected chi connectivity index (χ4v) is 1.87. The van der Waals surface area contributed by atoms with Crippen LogP contribution < -0.4 is 0 Å². The van der Waals surface area contributed by atoms with Crippen LogP contribution in [0.5, 0.6) is 0 Å². The van der Waals surface area contributed by atoms with E-state index in [9.17, 15) is 5.11 Å². The number of rotatable bonds is 8. The highest BCUT2D eigenvalue weighted by Crippen LogP contribution is 2.17. The molecule has 0 aliphatic carbocycles. The van der Waals surface area contributed by atoms with Crippen LogP contribution in [0.3, 0.4) is 0 Å². The molecule has 2 rings (SSSR count). The molecule has 1 heterocycles. The van der Waals surface area contributed by atoms with E-state index in [1.165, 1.54) is 0 Å². The second kappa shape index (κ2) is 7.79. The van der Waals surface area contributed by atoms with E-state index in [2.05, 4.69) is 5.10 Å². The van der Waals surface area contributed by atoms with Crippen molar-refractivity contribution in [1.29, 1.82) is 0 Å². The summed E-state index contributed by atoms with van der Waals surface area (Å²) in [6.45, 7) is 1.72. The van der Waals surface area contributed by atoms with Crippen LogP contribution in [0.2, 0.25) is 0 Å². The first-order chi connectivity index (χ1) is 9.79. The van der Waals surface area contributed by atoms with E-state index in [-0.39, 0.29) is 6.61 Å². The van der Waals surface area contributed by atoms with Crippen LogP contribution in [0.4, 0.5) is 0 Å². The summed E-state index contributed by atoms with van der Waals surface area (Å²) in [5, 5.41) is 14.1. The fraction of sp³-hybridized carbons (Fsp3) is 0.400. The molecule has 1 atom stereocenters. The zero-order chi connectivity index (χ0) is 14.2. The minimum Gasteiger partial charge on any atom is -0.389 e. The van der Waals surface area contributed by atoms with Crippen LogP contribution in [-0.2, 0) is 16.0 Å². The van der Waals surface area contributed by atoms with Gasteiger partial charge in [0.05, 0.1) is 38.7 Å². The number of hydrogen-bond donors (Lipinski definition) is 1. The lowest BCUT2D eigenvalue weighted by Crippen LogP contribution is -2.23. The van der Waals surface area contributed by atoms with Gasteiger partial charge in [0.2, 0.25) is 0 Å². The monoisotopic (exact) mass is 276 g/mol. The van der Waals surface area contributed by atoms with Gasteiger partial charge in [0.25, 0.3) is 0 Å². The summed E-state index contributed by atoms with van der Waals surface area (Å²) in [7, 11) is 1.62. The molecular weight excluding hydrogens is 256 g/mol. The highest BCUT2D eigenvalue weighted by molar-refractivity contribution is 5.61. The number of hydrogen-bond acceptors (Lipinski definition) is 4. The highest BCUT2D eigenvalue weighted by Gasteiger charge is 2.07. The summed E-state index contributed by atoms with van der Waals surface area (Å²) in [6.07, 6.45) is 3.15. The van der Waals surface area contributed by atoms with Crippen molar-refractivity contribution in [3.05, 3.63) is 42.7 Å². The zero-order valence-electron chi connectivity index (χ0n) is 11.6. The topological polar surface area (TPSA) is 56.5 Å². The number of aliphatic hydroxyl groups excluding tert-OH is 1. The minimum absolute atomic E-state index is 0.282. The summed E-state index contributed by atoms with van der Waals surface area (Å²) in [5.41, 5.74) is 2.16. The van der Waals surface area contributed by atoms with Crippen LogP contribution in [0.15, 0.2) is 42.7 Å². The molecule has 5 heteroatoms. The lowest BCUT2D eigenvalue weighted by molar-refractivity contribution is 0.00598. The van der Waals surface area contributed by atoms with Crippen molar-refractivity contribution < 1.29 is 14.6 Å². The van der Waals surface area contributed by atoms with Gasteiger partial charge in [-0.05, 0) is 5.56 Å². The average Bonchev–Trinajstić information content (AvgIpc) is 2.93. The van der Waals surface area contributed by atoms with E-state index in [0.29, 0.717) is 19.8 Å². The predicted octanol–water partition coefficient (Wildman–Crippen LogP) is 1.57. The van der Waals surface area contributed by atoms with Crippen molar-refractivity contribution >= 4 is 0 Å². The predicted molar refractivity (Wildman–Crippen MR) is 76.4 cm³/mol. The van der Waals surface area contributed by atoms with Crippen molar-refractivity contribution in [2.75, 3.05) is 26.9 Å². The molecule has 0 amide bonds. The summed E-state index contributed by atoms with van der Waals surface area (Å²) >= 11 is 0. The fourth-order valence-electron chi connectivity index (χ4n) is 1.87. The van der Waals surface area contributed by atoms with E-state index >= 15 is 0 Å². The van der Waals surface area contributed by atoms with Gasteiger partial charge in [0.1, 0.15) is 0 Å². The molecule has 1 aromatic carbocycles. The van der Waals surface area contributed by atoms with Crippen LogP contribution in [-0.4, -0.2) is 47.9 Å². The third-order valence-corrected chi connectivity index (χ3v) is 2.88. The van der Waals surface area contributed by atoms with Gasteiger partial charge >= 0.3 is 0 Å². The third kappa shape index (κ3) is 4.45. The molecule has 0 aliphatic rings. The largest absolute Gasteiger partial charge is 0.389 e. The molecule has 5 nitrogen and oxygen atoms in total. The van der Waals surface area contributed by atoms with Crippen molar-refractivity contribution in [1.82, 2.24) is 9.78 Å². The van der Waals surface area contributed by atoms with Crippen LogP contribution in [0.25, 0.3) is 11.1 Å². The number of aromatic nitrogens is 2. The maximum atomic E-state index is 9.86. The Balaban J connectivity index is 1.83. The Morgan fingerprint density at radius 3 is 2.75 bits per heavy atom. The highest BCUT2D eigenvalue weighted by atomic mass is 16.5. The molecule has 0 saturated heterocycles. The zero-order valence-corrected chi connectivity index (χ0v) is 11.6. The Morgan fingerprint density at radius 2 is 2.00 bits per heavy atom. The molecule has 2 aromatic rings. The first kappa shape index (κ1) is 14.7. The lowest BCUT2D eigenvalue weighted by Gasteiger charge is -2.11. The van der Waals surface area contributed by atoms with E-state index in [1.807, 2.05) is 36.5 Å². The van der Waals surface area contributed by atoms with Gasteiger partial charge in [0.15, 0.2) is 0 Å². The Hall–Kier alpha value is -1.69. The maximum Gasteiger partial charge on any atom is 0.0969 e. The van der Waals surface area contributed by atoms with Crippen molar-refractivity contribution in [2.24, 2.45) is 0 Å².